The van der Waals surface area contributed by atoms with Crippen LogP contribution in [0.3, 0.4) is 0 Å². The number of thiophene rings is 1. The summed E-state index contributed by atoms with van der Waals surface area (Å²) in [6.07, 6.45) is -1.91. The van der Waals surface area contributed by atoms with E-state index in [9.17, 15) is 9.90 Å². The second kappa shape index (κ2) is 12.6. The molecule has 0 radical (unpaired) electrons. The molecule has 1 aromatic heterocycles. The van der Waals surface area contributed by atoms with Gasteiger partial charge in [0.2, 0.25) is 12.7 Å². The molecule has 3 rings (SSSR count). The highest BCUT2D eigenvalue weighted by Gasteiger charge is 2.22. The summed E-state index contributed by atoms with van der Waals surface area (Å²) in [7, 11) is 1.73. The number of aliphatic hydroxyl groups is 1. The number of carbonyl (C=O) groups is 1. The molecule has 178 valence electrons. The second-order valence-corrected chi connectivity index (χ2v) is 8.44. The third-order valence-corrected chi connectivity index (χ3v) is 5.76. The highest BCUT2D eigenvalue weighted by atomic mass is 32.1. The summed E-state index contributed by atoms with van der Waals surface area (Å²) in [5.41, 5.74) is 1.08. The molecule has 3 unspecified atom stereocenters. The summed E-state index contributed by atoms with van der Waals surface area (Å²) >= 11 is 1.61. The van der Waals surface area contributed by atoms with Crippen LogP contribution in [0.1, 0.15) is 38.4 Å². The van der Waals surface area contributed by atoms with E-state index in [2.05, 4.69) is 17.5 Å². The summed E-state index contributed by atoms with van der Waals surface area (Å²) in [6.45, 7) is 4.18. The van der Waals surface area contributed by atoms with Crippen LogP contribution in [0.4, 0.5) is 4.79 Å². The van der Waals surface area contributed by atoms with Gasteiger partial charge in [-0.2, -0.15) is 11.3 Å². The molecule has 7 nitrogen and oxygen atoms in total. The zero-order valence-corrected chi connectivity index (χ0v) is 20.0. The average Bonchev–Trinajstić information content (AvgIpc) is 3.35. The first-order chi connectivity index (χ1) is 16.0. The van der Waals surface area contributed by atoms with Crippen LogP contribution < -0.4 is 4.74 Å². The maximum atomic E-state index is 11.5. The maximum absolute atomic E-state index is 11.5. The Kier molecular flexibility index (Phi) is 9.50. The number of rotatable bonds is 12. The number of fused-ring (bicyclic) bond motifs is 1. The minimum absolute atomic E-state index is 0.200. The molecule has 0 saturated carbocycles. The number of aliphatic hydroxyl groups excluding tert-OH is 1. The Balaban J connectivity index is 1.59. The van der Waals surface area contributed by atoms with Gasteiger partial charge in [0.1, 0.15) is 11.9 Å². The fourth-order valence-corrected chi connectivity index (χ4v) is 3.99. The van der Waals surface area contributed by atoms with Crippen molar-refractivity contribution < 1.29 is 28.8 Å². The van der Waals surface area contributed by atoms with Crippen molar-refractivity contribution in [3.63, 3.8) is 0 Å². The zero-order chi connectivity index (χ0) is 23.6. The molecule has 2 aromatic carbocycles. The van der Waals surface area contributed by atoms with Crippen molar-refractivity contribution in [2.45, 2.75) is 45.5 Å². The van der Waals surface area contributed by atoms with Crippen molar-refractivity contribution in [3.8, 4) is 5.75 Å². The quantitative estimate of drug-likeness (QED) is 0.273. The molecule has 3 atom stereocenters. The van der Waals surface area contributed by atoms with Crippen LogP contribution in [0.15, 0.2) is 59.3 Å². The Morgan fingerprint density at radius 1 is 1.15 bits per heavy atom. The molecule has 0 bridgehead atoms. The second-order valence-electron chi connectivity index (χ2n) is 7.66. The van der Waals surface area contributed by atoms with E-state index >= 15 is 0 Å². The summed E-state index contributed by atoms with van der Waals surface area (Å²) in [5.74, 6) is 0.816. The van der Waals surface area contributed by atoms with Crippen molar-refractivity contribution in [1.29, 1.82) is 0 Å². The van der Waals surface area contributed by atoms with E-state index < -0.39 is 18.9 Å². The van der Waals surface area contributed by atoms with Crippen molar-refractivity contribution in [3.05, 3.63) is 64.9 Å². The van der Waals surface area contributed by atoms with E-state index in [0.717, 1.165) is 22.1 Å². The van der Waals surface area contributed by atoms with E-state index in [1.54, 1.807) is 23.3 Å². The maximum Gasteiger partial charge on any atom is 0.510 e. The van der Waals surface area contributed by atoms with Gasteiger partial charge >= 0.3 is 6.16 Å². The summed E-state index contributed by atoms with van der Waals surface area (Å²) in [5, 5.41) is 16.6. The molecular weight excluding hydrogens is 442 g/mol. The lowest BCUT2D eigenvalue weighted by molar-refractivity contribution is -0.257. The van der Waals surface area contributed by atoms with Gasteiger partial charge in [-0.1, -0.05) is 43.3 Å². The van der Waals surface area contributed by atoms with Crippen molar-refractivity contribution >= 4 is 28.3 Å². The SMILES string of the molecule is CCCOC(=O)OC(C)OC(O)N(C)CCC(Oc1cccc2ccccc12)c1ccsc1. The molecule has 1 heterocycles. The average molecular weight is 474 g/mol. The lowest BCUT2D eigenvalue weighted by Gasteiger charge is -2.27. The molecule has 0 aliphatic rings. The molecule has 0 aliphatic carbocycles. The largest absolute Gasteiger partial charge is 0.510 e. The molecule has 0 spiro atoms. The first-order valence-electron chi connectivity index (χ1n) is 11.0. The van der Waals surface area contributed by atoms with Gasteiger partial charge in [-0.15, -0.1) is 0 Å². The molecule has 1 N–H and O–H groups in total. The Hall–Kier alpha value is -2.65. The Bertz CT molecular complexity index is 990. The van der Waals surface area contributed by atoms with Gasteiger partial charge in [-0.25, -0.2) is 4.79 Å². The molecule has 0 amide bonds. The van der Waals surface area contributed by atoms with E-state index in [1.807, 2.05) is 48.7 Å². The summed E-state index contributed by atoms with van der Waals surface area (Å²) in [6, 6.07) is 16.2. The fraction of sp³-hybridized carbons (Fsp3) is 0.400. The number of nitrogens with zero attached hydrogens (tertiary/aromatic N) is 1. The number of ether oxygens (including phenoxy) is 4. The lowest BCUT2D eigenvalue weighted by atomic mass is 10.1. The summed E-state index contributed by atoms with van der Waals surface area (Å²) in [4.78, 5) is 13.2. The normalized spacial score (nSPS) is 14.1. The standard InChI is InChI=1S/C25H31NO6S/c1-4-15-29-25(28)31-18(2)30-24(27)26(3)14-12-22(20-13-16-33-17-20)32-23-11-7-9-19-8-5-6-10-21(19)23/h5-11,13,16-18,22,24,27H,4,12,14-15H2,1-3H3. The predicted octanol–water partition coefficient (Wildman–Crippen LogP) is 5.55. The Morgan fingerprint density at radius 3 is 2.70 bits per heavy atom. The highest BCUT2D eigenvalue weighted by molar-refractivity contribution is 7.07. The molecule has 0 saturated heterocycles. The van der Waals surface area contributed by atoms with Gasteiger partial charge in [0.15, 0.2) is 0 Å². The topological polar surface area (TPSA) is 77.5 Å². The Labute approximate surface area is 198 Å². The van der Waals surface area contributed by atoms with E-state index in [4.69, 9.17) is 18.9 Å². The van der Waals surface area contributed by atoms with Gasteiger partial charge in [-0.05, 0) is 48.7 Å². The van der Waals surface area contributed by atoms with Gasteiger partial charge < -0.3 is 19.3 Å². The molecule has 0 aliphatic heterocycles. The van der Waals surface area contributed by atoms with Gasteiger partial charge in [0.05, 0.1) is 6.61 Å². The highest BCUT2D eigenvalue weighted by Crippen LogP contribution is 2.32. The number of carbonyl (C=O) groups excluding carboxylic acids is 1. The van der Waals surface area contributed by atoms with Gasteiger partial charge in [0, 0.05) is 23.9 Å². The predicted molar refractivity (Wildman–Crippen MR) is 128 cm³/mol. The van der Waals surface area contributed by atoms with Crippen molar-refractivity contribution in [1.82, 2.24) is 4.90 Å². The first-order valence-corrected chi connectivity index (χ1v) is 12.0. The summed E-state index contributed by atoms with van der Waals surface area (Å²) < 4.78 is 21.7. The number of hydrogen-bond acceptors (Lipinski definition) is 8. The van der Waals surface area contributed by atoms with Crippen LogP contribution in [0, 0.1) is 0 Å². The van der Waals surface area contributed by atoms with Crippen LogP contribution in [-0.2, 0) is 14.2 Å². The molecule has 0 fully saturated rings. The van der Waals surface area contributed by atoms with Crippen molar-refractivity contribution in [2.24, 2.45) is 0 Å². The van der Waals surface area contributed by atoms with E-state index in [-0.39, 0.29) is 12.7 Å². The minimum atomic E-state index is -1.25. The minimum Gasteiger partial charge on any atom is -0.485 e. The fourth-order valence-electron chi connectivity index (χ4n) is 3.29. The van der Waals surface area contributed by atoms with Crippen LogP contribution >= 0.6 is 11.3 Å². The van der Waals surface area contributed by atoms with Gasteiger partial charge in [0.25, 0.3) is 0 Å². The van der Waals surface area contributed by atoms with Crippen molar-refractivity contribution in [2.75, 3.05) is 20.2 Å². The third kappa shape index (κ3) is 7.43. The number of hydrogen-bond donors (Lipinski definition) is 1. The number of benzene rings is 2. The van der Waals surface area contributed by atoms with Crippen LogP contribution in [0.5, 0.6) is 5.75 Å². The third-order valence-electron chi connectivity index (χ3n) is 5.05. The smallest absolute Gasteiger partial charge is 0.485 e. The molecular formula is C25H31NO6S. The molecule has 33 heavy (non-hydrogen) atoms. The zero-order valence-electron chi connectivity index (χ0n) is 19.2. The Morgan fingerprint density at radius 2 is 1.94 bits per heavy atom. The first kappa shape index (κ1) is 25.0. The van der Waals surface area contributed by atoms with E-state index in [1.165, 1.54) is 6.92 Å². The van der Waals surface area contributed by atoms with E-state index in [0.29, 0.717) is 19.4 Å². The molecule has 8 heteroatoms. The monoisotopic (exact) mass is 473 g/mol. The lowest BCUT2D eigenvalue weighted by Crippen LogP contribution is -2.38. The van der Waals surface area contributed by atoms with Gasteiger partial charge in [-0.3, -0.25) is 9.64 Å². The van der Waals surface area contributed by atoms with Crippen LogP contribution in [0.2, 0.25) is 0 Å². The van der Waals surface area contributed by atoms with Crippen LogP contribution in [0.25, 0.3) is 10.8 Å². The molecule has 3 aromatic rings. The van der Waals surface area contributed by atoms with Crippen LogP contribution in [-0.4, -0.2) is 49.1 Å².